The summed E-state index contributed by atoms with van der Waals surface area (Å²) in [6.07, 6.45) is 1.41. The molecule has 0 aliphatic heterocycles. The number of nitrogens with zero attached hydrogens (tertiary/aromatic N) is 2. The summed E-state index contributed by atoms with van der Waals surface area (Å²) >= 11 is 6.15. The summed E-state index contributed by atoms with van der Waals surface area (Å²) in [5.74, 6) is -0.651. The summed E-state index contributed by atoms with van der Waals surface area (Å²) in [5, 5.41) is 5.06. The summed E-state index contributed by atoms with van der Waals surface area (Å²) in [6.45, 7) is 1.69. The summed E-state index contributed by atoms with van der Waals surface area (Å²) in [7, 11) is 0. The topological polar surface area (TPSA) is 63.6 Å². The third-order valence-electron chi connectivity index (χ3n) is 3.51. The number of carbonyl (C=O) groups excluding carboxylic acids is 1. The lowest BCUT2D eigenvalue weighted by Gasteiger charge is -2.05. The second kappa shape index (κ2) is 7.93. The fourth-order valence-electron chi connectivity index (χ4n) is 2.27. The standard InChI is InChI=1S/C19H15ClFN3O2/c1-12-5-6-13-8-14(19(20)23-17(13)7-12)10-22-24-18(25)11-26-16-4-2-3-15(21)9-16/h2-10H,11H2,1H3,(H,24,25)/b22-10-. The normalized spacial score (nSPS) is 11.0. The predicted molar refractivity (Wildman–Crippen MR) is 99.1 cm³/mol. The minimum absolute atomic E-state index is 0.265. The van der Waals surface area contributed by atoms with E-state index >= 15 is 0 Å². The first-order chi connectivity index (χ1) is 12.5. The minimum atomic E-state index is -0.481. The molecule has 3 rings (SSSR count). The van der Waals surface area contributed by atoms with Crippen molar-refractivity contribution in [2.45, 2.75) is 6.92 Å². The number of hydrogen-bond acceptors (Lipinski definition) is 4. The summed E-state index contributed by atoms with van der Waals surface area (Å²) in [4.78, 5) is 16.1. The number of rotatable bonds is 5. The molecule has 0 aliphatic rings. The monoisotopic (exact) mass is 371 g/mol. The van der Waals surface area contributed by atoms with Crippen molar-refractivity contribution < 1.29 is 13.9 Å². The van der Waals surface area contributed by atoms with Crippen molar-refractivity contribution in [2.24, 2.45) is 5.10 Å². The molecule has 0 spiro atoms. The van der Waals surface area contributed by atoms with Crippen molar-refractivity contribution in [1.82, 2.24) is 10.4 Å². The Balaban J connectivity index is 1.61. The molecule has 26 heavy (non-hydrogen) atoms. The molecule has 0 aliphatic carbocycles. The van der Waals surface area contributed by atoms with E-state index in [9.17, 15) is 9.18 Å². The summed E-state index contributed by atoms with van der Waals surface area (Å²) < 4.78 is 18.2. The van der Waals surface area contributed by atoms with E-state index in [0.717, 1.165) is 16.5 Å². The summed E-state index contributed by atoms with van der Waals surface area (Å²) in [5.41, 5.74) is 4.79. The lowest BCUT2D eigenvalue weighted by Crippen LogP contribution is -2.24. The van der Waals surface area contributed by atoms with E-state index in [2.05, 4.69) is 15.5 Å². The van der Waals surface area contributed by atoms with Crippen molar-refractivity contribution in [3.05, 3.63) is 70.6 Å². The van der Waals surface area contributed by atoms with Gasteiger partial charge in [0, 0.05) is 17.0 Å². The molecule has 7 heteroatoms. The number of hydrogen-bond donors (Lipinski definition) is 1. The number of halogens is 2. The van der Waals surface area contributed by atoms with Gasteiger partial charge in [-0.25, -0.2) is 14.8 Å². The maximum absolute atomic E-state index is 13.0. The molecule has 1 aromatic heterocycles. The molecule has 0 saturated heterocycles. The molecule has 3 aromatic rings. The van der Waals surface area contributed by atoms with Crippen LogP contribution in [0.2, 0.25) is 5.15 Å². The molecule has 2 aromatic carbocycles. The van der Waals surface area contributed by atoms with Gasteiger partial charge in [-0.2, -0.15) is 5.10 Å². The highest BCUT2D eigenvalue weighted by atomic mass is 35.5. The van der Waals surface area contributed by atoms with Crippen LogP contribution in [0.1, 0.15) is 11.1 Å². The number of aryl methyl sites for hydroxylation is 1. The van der Waals surface area contributed by atoms with Gasteiger partial charge in [-0.3, -0.25) is 4.79 Å². The second-order valence-corrected chi connectivity index (χ2v) is 5.96. The predicted octanol–water partition coefficient (Wildman–Crippen LogP) is 3.86. The number of ether oxygens (including phenoxy) is 1. The molecule has 5 nitrogen and oxygen atoms in total. The first-order valence-corrected chi connectivity index (χ1v) is 8.16. The van der Waals surface area contributed by atoms with Crippen molar-refractivity contribution in [2.75, 3.05) is 6.61 Å². The van der Waals surface area contributed by atoms with E-state index in [4.69, 9.17) is 16.3 Å². The lowest BCUT2D eigenvalue weighted by molar-refractivity contribution is -0.123. The van der Waals surface area contributed by atoms with Gasteiger partial charge < -0.3 is 4.74 Å². The summed E-state index contributed by atoms with van der Waals surface area (Å²) in [6, 6.07) is 13.2. The number of aromatic nitrogens is 1. The Morgan fingerprint density at radius 2 is 2.15 bits per heavy atom. The molecule has 1 heterocycles. The number of hydrazone groups is 1. The van der Waals surface area contributed by atoms with Crippen LogP contribution in [0.25, 0.3) is 10.9 Å². The molecular formula is C19H15ClFN3O2. The molecule has 0 radical (unpaired) electrons. The molecule has 0 saturated carbocycles. The molecule has 0 atom stereocenters. The molecule has 1 N–H and O–H groups in total. The van der Waals surface area contributed by atoms with Crippen LogP contribution in [-0.4, -0.2) is 23.7 Å². The van der Waals surface area contributed by atoms with E-state index in [1.807, 2.05) is 31.2 Å². The quantitative estimate of drug-likeness (QED) is 0.421. The molecule has 0 unspecified atom stereocenters. The Hall–Kier alpha value is -2.99. The minimum Gasteiger partial charge on any atom is -0.484 e. The fraction of sp³-hybridized carbons (Fsp3) is 0.105. The van der Waals surface area contributed by atoms with E-state index in [1.165, 1.54) is 24.4 Å². The second-order valence-electron chi connectivity index (χ2n) is 5.60. The van der Waals surface area contributed by atoms with Crippen LogP contribution in [0.5, 0.6) is 5.75 Å². The maximum atomic E-state index is 13.0. The molecule has 0 fully saturated rings. The SMILES string of the molecule is Cc1ccc2cc(/C=N\NC(=O)COc3cccc(F)c3)c(Cl)nc2c1. The van der Waals surface area contributed by atoms with Gasteiger partial charge in [0.15, 0.2) is 6.61 Å². The highest BCUT2D eigenvalue weighted by Gasteiger charge is 2.05. The largest absolute Gasteiger partial charge is 0.484 e. The van der Waals surface area contributed by atoms with Gasteiger partial charge in [0.2, 0.25) is 0 Å². The number of amides is 1. The van der Waals surface area contributed by atoms with Gasteiger partial charge in [0.25, 0.3) is 5.91 Å². The zero-order chi connectivity index (χ0) is 18.5. The van der Waals surface area contributed by atoms with Crippen LogP contribution in [0.3, 0.4) is 0 Å². The Labute approximate surface area is 154 Å². The van der Waals surface area contributed by atoms with E-state index in [0.29, 0.717) is 5.56 Å². The number of carbonyl (C=O) groups is 1. The van der Waals surface area contributed by atoms with Crippen molar-refractivity contribution in [1.29, 1.82) is 0 Å². The van der Waals surface area contributed by atoms with Gasteiger partial charge in [-0.15, -0.1) is 0 Å². The van der Waals surface area contributed by atoms with Crippen molar-refractivity contribution in [3.8, 4) is 5.75 Å². The first kappa shape index (κ1) is 17.8. The average molecular weight is 372 g/mol. The number of fused-ring (bicyclic) bond motifs is 1. The van der Waals surface area contributed by atoms with Crippen LogP contribution < -0.4 is 10.2 Å². The van der Waals surface area contributed by atoms with Gasteiger partial charge in [0.05, 0.1) is 11.7 Å². The van der Waals surface area contributed by atoms with Crippen LogP contribution >= 0.6 is 11.6 Å². The Morgan fingerprint density at radius 1 is 1.31 bits per heavy atom. The van der Waals surface area contributed by atoms with Crippen LogP contribution in [-0.2, 0) is 4.79 Å². The Morgan fingerprint density at radius 3 is 2.96 bits per heavy atom. The average Bonchev–Trinajstić information content (AvgIpc) is 2.60. The third-order valence-corrected chi connectivity index (χ3v) is 3.82. The maximum Gasteiger partial charge on any atom is 0.277 e. The number of nitrogens with one attached hydrogen (secondary N) is 1. The first-order valence-electron chi connectivity index (χ1n) is 7.78. The van der Waals surface area contributed by atoms with Crippen LogP contribution in [0, 0.1) is 12.7 Å². The highest BCUT2D eigenvalue weighted by molar-refractivity contribution is 6.32. The van der Waals surface area contributed by atoms with E-state index in [1.54, 1.807) is 6.07 Å². The zero-order valence-corrected chi connectivity index (χ0v) is 14.6. The van der Waals surface area contributed by atoms with Gasteiger partial charge >= 0.3 is 0 Å². The van der Waals surface area contributed by atoms with Crippen LogP contribution in [0.4, 0.5) is 4.39 Å². The van der Waals surface area contributed by atoms with Crippen LogP contribution in [0.15, 0.2) is 53.6 Å². The fourth-order valence-corrected chi connectivity index (χ4v) is 2.47. The number of benzene rings is 2. The Bertz CT molecular complexity index is 992. The highest BCUT2D eigenvalue weighted by Crippen LogP contribution is 2.20. The van der Waals surface area contributed by atoms with Crippen molar-refractivity contribution in [3.63, 3.8) is 0 Å². The Kier molecular flexibility index (Phi) is 5.43. The van der Waals surface area contributed by atoms with E-state index < -0.39 is 11.7 Å². The van der Waals surface area contributed by atoms with Gasteiger partial charge in [-0.05, 0) is 36.8 Å². The lowest BCUT2D eigenvalue weighted by atomic mass is 10.1. The molecule has 1 amide bonds. The van der Waals surface area contributed by atoms with Gasteiger partial charge in [0.1, 0.15) is 16.7 Å². The molecule has 132 valence electrons. The smallest absolute Gasteiger partial charge is 0.277 e. The van der Waals surface area contributed by atoms with E-state index in [-0.39, 0.29) is 17.5 Å². The zero-order valence-electron chi connectivity index (χ0n) is 13.9. The number of pyridine rings is 1. The third kappa shape index (κ3) is 4.55. The van der Waals surface area contributed by atoms with Gasteiger partial charge in [-0.1, -0.05) is 29.8 Å². The molecular weight excluding hydrogens is 357 g/mol. The molecule has 0 bridgehead atoms. The van der Waals surface area contributed by atoms with Crippen molar-refractivity contribution >= 4 is 34.6 Å².